The number of hydrogen-bond donors (Lipinski definition) is 3. The molecule has 0 amide bonds. The third-order valence-corrected chi connectivity index (χ3v) is 4.05. The van der Waals surface area contributed by atoms with Crippen molar-refractivity contribution in [2.45, 2.75) is 4.90 Å². The molecule has 1 heterocycles. The van der Waals surface area contributed by atoms with Crippen LogP contribution in [0.5, 0.6) is 0 Å². The highest BCUT2D eigenvalue weighted by Crippen LogP contribution is 2.22. The molecule has 10 heteroatoms. The molecule has 0 unspecified atom stereocenters. The van der Waals surface area contributed by atoms with Gasteiger partial charge in [-0.1, -0.05) is 11.6 Å². The van der Waals surface area contributed by atoms with Gasteiger partial charge in [-0.25, -0.2) is 23.2 Å². The van der Waals surface area contributed by atoms with Crippen molar-refractivity contribution in [3.05, 3.63) is 41.3 Å². The highest BCUT2D eigenvalue weighted by Gasteiger charge is 2.19. The van der Waals surface area contributed by atoms with Crippen LogP contribution in [-0.4, -0.2) is 29.5 Å². The number of rotatable bonds is 4. The van der Waals surface area contributed by atoms with Gasteiger partial charge in [-0.05, 0) is 18.2 Å². The van der Waals surface area contributed by atoms with E-state index in [1.807, 2.05) is 0 Å². The Morgan fingerprint density at radius 1 is 1.29 bits per heavy atom. The van der Waals surface area contributed by atoms with Gasteiger partial charge in [-0.3, -0.25) is 4.72 Å². The van der Waals surface area contributed by atoms with Gasteiger partial charge >= 0.3 is 5.97 Å². The number of carbonyl (C=O) groups is 1. The summed E-state index contributed by atoms with van der Waals surface area (Å²) in [5.41, 5.74) is 5.28. The van der Waals surface area contributed by atoms with Gasteiger partial charge in [0.2, 0.25) is 0 Å². The molecule has 4 N–H and O–H groups in total. The van der Waals surface area contributed by atoms with Crippen molar-refractivity contribution >= 4 is 39.1 Å². The maximum absolute atomic E-state index is 12.2. The van der Waals surface area contributed by atoms with Gasteiger partial charge in [0, 0.05) is 6.07 Å². The standard InChI is InChI=1S/C11H9ClN4O4S/c12-9-4-10(15-5-14-9)16-21(19,20)8-2-1-6(11(17)18)3-7(8)13/h1-5H,13H2,(H,17,18)(H,14,15,16). The van der Waals surface area contributed by atoms with Gasteiger partial charge in [0.1, 0.15) is 22.2 Å². The van der Waals surface area contributed by atoms with Crippen LogP contribution in [0.25, 0.3) is 0 Å². The van der Waals surface area contributed by atoms with Crippen LogP contribution in [0.4, 0.5) is 11.5 Å². The number of carboxylic acid groups (broad SMARTS) is 1. The number of nitrogens with one attached hydrogen (secondary N) is 1. The average Bonchev–Trinajstić information content (AvgIpc) is 2.37. The van der Waals surface area contributed by atoms with Gasteiger partial charge in [-0.2, -0.15) is 0 Å². The minimum Gasteiger partial charge on any atom is -0.478 e. The Bertz CT molecular complexity index is 810. The number of benzene rings is 1. The van der Waals surface area contributed by atoms with Crippen molar-refractivity contribution in [2.24, 2.45) is 0 Å². The SMILES string of the molecule is Nc1cc(C(=O)O)ccc1S(=O)(=O)Nc1cc(Cl)ncn1. The lowest BCUT2D eigenvalue weighted by Crippen LogP contribution is -2.16. The Morgan fingerprint density at radius 3 is 2.57 bits per heavy atom. The summed E-state index contributed by atoms with van der Waals surface area (Å²) in [5.74, 6) is -1.24. The number of sulfonamides is 1. The Kier molecular flexibility index (Phi) is 3.96. The predicted molar refractivity (Wildman–Crippen MR) is 75.7 cm³/mol. The summed E-state index contributed by atoms with van der Waals surface area (Å²) in [6.07, 6.45) is 1.09. The van der Waals surface area contributed by atoms with E-state index < -0.39 is 16.0 Å². The van der Waals surface area contributed by atoms with Crippen molar-refractivity contribution < 1.29 is 18.3 Å². The molecule has 110 valence electrons. The van der Waals surface area contributed by atoms with E-state index in [-0.39, 0.29) is 27.1 Å². The second-order valence-electron chi connectivity index (χ2n) is 3.89. The van der Waals surface area contributed by atoms with Crippen LogP contribution in [0.3, 0.4) is 0 Å². The number of halogens is 1. The summed E-state index contributed by atoms with van der Waals surface area (Å²) in [6, 6.07) is 4.52. The molecule has 2 aromatic rings. The normalized spacial score (nSPS) is 11.1. The van der Waals surface area contributed by atoms with Crippen LogP contribution >= 0.6 is 11.6 Å². The first kappa shape index (κ1) is 15.0. The lowest BCUT2D eigenvalue weighted by Gasteiger charge is -2.10. The van der Waals surface area contributed by atoms with Crippen LogP contribution in [-0.2, 0) is 10.0 Å². The molecule has 0 radical (unpaired) electrons. The fourth-order valence-electron chi connectivity index (χ4n) is 1.51. The number of nitrogen functional groups attached to an aromatic ring is 1. The Hall–Kier alpha value is -2.39. The summed E-state index contributed by atoms with van der Waals surface area (Å²) < 4.78 is 26.5. The number of hydrogen-bond acceptors (Lipinski definition) is 6. The molecule has 0 saturated carbocycles. The second kappa shape index (κ2) is 5.54. The number of carboxylic acids is 1. The molecule has 0 bridgehead atoms. The van der Waals surface area contributed by atoms with E-state index >= 15 is 0 Å². The first-order chi connectivity index (χ1) is 9.79. The van der Waals surface area contributed by atoms with E-state index in [1.165, 1.54) is 6.07 Å². The Labute approximate surface area is 124 Å². The minimum absolute atomic E-state index is 0.0308. The van der Waals surface area contributed by atoms with Crippen molar-refractivity contribution in [3.8, 4) is 0 Å². The molecule has 0 aliphatic heterocycles. The van der Waals surface area contributed by atoms with E-state index in [0.29, 0.717) is 0 Å². The van der Waals surface area contributed by atoms with Crippen molar-refractivity contribution in [1.29, 1.82) is 0 Å². The fourth-order valence-corrected chi connectivity index (χ4v) is 2.77. The molecule has 0 aliphatic rings. The average molecular weight is 329 g/mol. The lowest BCUT2D eigenvalue weighted by molar-refractivity contribution is 0.0697. The van der Waals surface area contributed by atoms with Crippen molar-refractivity contribution in [1.82, 2.24) is 9.97 Å². The highest BCUT2D eigenvalue weighted by atomic mass is 35.5. The molecule has 0 atom stereocenters. The molecule has 0 saturated heterocycles. The zero-order valence-electron chi connectivity index (χ0n) is 10.3. The van der Waals surface area contributed by atoms with Gasteiger partial charge < -0.3 is 10.8 Å². The Morgan fingerprint density at radius 2 is 2.00 bits per heavy atom. The molecule has 8 nitrogen and oxygen atoms in total. The summed E-state index contributed by atoms with van der Waals surface area (Å²) in [5, 5.41) is 8.88. The smallest absolute Gasteiger partial charge is 0.335 e. The number of nitrogens with two attached hydrogens (primary N) is 1. The van der Waals surface area contributed by atoms with E-state index in [0.717, 1.165) is 24.5 Å². The maximum atomic E-state index is 12.2. The van der Waals surface area contributed by atoms with E-state index in [1.54, 1.807) is 0 Å². The van der Waals surface area contributed by atoms with Crippen molar-refractivity contribution in [3.63, 3.8) is 0 Å². The lowest BCUT2D eigenvalue weighted by atomic mass is 10.2. The molecule has 1 aromatic heterocycles. The van der Waals surface area contributed by atoms with Gasteiger partial charge in [0.15, 0.2) is 0 Å². The summed E-state index contributed by atoms with van der Waals surface area (Å²) >= 11 is 5.63. The first-order valence-corrected chi connectivity index (χ1v) is 7.29. The second-order valence-corrected chi connectivity index (χ2v) is 5.93. The molecule has 2 rings (SSSR count). The predicted octanol–water partition coefficient (Wildman–Crippen LogP) is 1.21. The summed E-state index contributed by atoms with van der Waals surface area (Å²) in [6.45, 7) is 0. The third kappa shape index (κ3) is 3.38. The molecular formula is C11H9ClN4O4S. The molecule has 0 spiro atoms. The van der Waals surface area contributed by atoms with Crippen LogP contribution < -0.4 is 10.5 Å². The number of nitrogens with zero attached hydrogens (tertiary/aromatic N) is 2. The fraction of sp³-hybridized carbons (Fsp3) is 0. The largest absolute Gasteiger partial charge is 0.478 e. The minimum atomic E-state index is -4.02. The quantitative estimate of drug-likeness (QED) is 0.567. The van der Waals surface area contributed by atoms with Gasteiger partial charge in [0.25, 0.3) is 10.0 Å². The molecule has 0 aliphatic carbocycles. The van der Waals surface area contributed by atoms with Crippen molar-refractivity contribution in [2.75, 3.05) is 10.5 Å². The van der Waals surface area contributed by atoms with Crippen LogP contribution in [0.15, 0.2) is 35.5 Å². The van der Waals surface area contributed by atoms with Gasteiger partial charge in [0.05, 0.1) is 11.3 Å². The highest BCUT2D eigenvalue weighted by molar-refractivity contribution is 7.92. The van der Waals surface area contributed by atoms with Crippen LogP contribution in [0.1, 0.15) is 10.4 Å². The number of aromatic carboxylic acids is 1. The molecular weight excluding hydrogens is 320 g/mol. The maximum Gasteiger partial charge on any atom is 0.335 e. The molecule has 0 fully saturated rings. The number of aromatic nitrogens is 2. The zero-order valence-corrected chi connectivity index (χ0v) is 11.9. The zero-order chi connectivity index (χ0) is 15.6. The topological polar surface area (TPSA) is 135 Å². The third-order valence-electron chi connectivity index (χ3n) is 2.42. The van der Waals surface area contributed by atoms with E-state index in [9.17, 15) is 13.2 Å². The van der Waals surface area contributed by atoms with Gasteiger partial charge in [-0.15, -0.1) is 0 Å². The van der Waals surface area contributed by atoms with Crippen LogP contribution in [0.2, 0.25) is 5.15 Å². The summed E-state index contributed by atoms with van der Waals surface area (Å²) in [4.78, 5) is 17.9. The number of anilines is 2. The van der Waals surface area contributed by atoms with Crippen LogP contribution in [0, 0.1) is 0 Å². The van der Waals surface area contributed by atoms with E-state index in [2.05, 4.69) is 14.7 Å². The monoisotopic (exact) mass is 328 g/mol. The molecule has 1 aromatic carbocycles. The summed E-state index contributed by atoms with van der Waals surface area (Å²) in [7, 11) is -4.02. The Balaban J connectivity index is 2.38. The molecule has 21 heavy (non-hydrogen) atoms. The first-order valence-electron chi connectivity index (χ1n) is 5.43. The van der Waals surface area contributed by atoms with E-state index in [4.69, 9.17) is 22.4 Å².